The predicted molar refractivity (Wildman–Crippen MR) is 70.7 cm³/mol. The van der Waals surface area contributed by atoms with E-state index < -0.39 is 6.10 Å². The third kappa shape index (κ3) is 3.52. The van der Waals surface area contributed by atoms with Gasteiger partial charge in [0.15, 0.2) is 0 Å². The summed E-state index contributed by atoms with van der Waals surface area (Å²) in [5.74, 6) is 0.743. The molecule has 19 heavy (non-hydrogen) atoms. The number of rotatable bonds is 6. The van der Waals surface area contributed by atoms with Crippen LogP contribution in [-0.4, -0.2) is 33.8 Å². The van der Waals surface area contributed by atoms with E-state index in [4.69, 9.17) is 4.74 Å². The zero-order valence-corrected chi connectivity index (χ0v) is 11.1. The molecule has 0 bridgehead atoms. The predicted octanol–water partition coefficient (Wildman–Crippen LogP) is 0.647. The fraction of sp³-hybridized carbons (Fsp3) is 0.385. The minimum absolute atomic E-state index is 0.457. The van der Waals surface area contributed by atoms with Crippen LogP contribution in [0.2, 0.25) is 0 Å². The molecule has 2 N–H and O–H groups in total. The summed E-state index contributed by atoms with van der Waals surface area (Å²) in [7, 11) is 3.45. The summed E-state index contributed by atoms with van der Waals surface area (Å²) < 4.78 is 6.83. The maximum absolute atomic E-state index is 10.1. The molecule has 0 fully saturated rings. The van der Waals surface area contributed by atoms with Crippen LogP contribution in [-0.2, 0) is 13.6 Å². The molecular weight excluding hydrogens is 244 g/mol. The number of nitrogens with one attached hydrogen (secondary N) is 1. The number of hydrogen-bond donors (Lipinski definition) is 2. The lowest BCUT2D eigenvalue weighted by Gasteiger charge is -2.13. The zero-order chi connectivity index (χ0) is 13.7. The van der Waals surface area contributed by atoms with Crippen molar-refractivity contribution in [2.75, 3.05) is 13.7 Å². The highest BCUT2D eigenvalue weighted by atomic mass is 16.5. The van der Waals surface area contributed by atoms with Gasteiger partial charge in [-0.05, 0) is 17.7 Å². The van der Waals surface area contributed by atoms with Crippen LogP contribution < -0.4 is 10.1 Å². The van der Waals surface area contributed by atoms with Gasteiger partial charge < -0.3 is 15.2 Å². The van der Waals surface area contributed by atoms with Crippen molar-refractivity contribution in [2.24, 2.45) is 7.05 Å². The molecule has 6 nitrogen and oxygen atoms in total. The van der Waals surface area contributed by atoms with E-state index in [1.165, 1.54) is 0 Å². The lowest BCUT2D eigenvalue weighted by Crippen LogP contribution is -2.22. The number of benzene rings is 1. The third-order valence-corrected chi connectivity index (χ3v) is 2.93. The molecular formula is C13H18N4O2. The second-order valence-electron chi connectivity index (χ2n) is 4.27. The standard InChI is InChI=1S/C13H18N4O2/c1-17-11(8-15-16-17)7-14-9-13(18)10-4-3-5-12(6-10)19-2/h3-6,8,13-14,18H,7,9H2,1-2H3. The quantitative estimate of drug-likeness (QED) is 0.799. The number of hydrogen-bond acceptors (Lipinski definition) is 5. The first-order valence-electron chi connectivity index (χ1n) is 6.07. The fourth-order valence-electron chi connectivity index (χ4n) is 1.77. The Balaban J connectivity index is 1.87. The molecule has 0 saturated heterocycles. The molecule has 2 rings (SSSR count). The summed E-state index contributed by atoms with van der Waals surface area (Å²) in [6.07, 6.45) is 1.13. The molecule has 0 spiro atoms. The number of nitrogens with zero attached hydrogens (tertiary/aromatic N) is 3. The lowest BCUT2D eigenvalue weighted by molar-refractivity contribution is 0.173. The van der Waals surface area contributed by atoms with Crippen LogP contribution in [0.3, 0.4) is 0 Å². The largest absolute Gasteiger partial charge is 0.497 e. The van der Waals surface area contributed by atoms with Gasteiger partial charge in [0.25, 0.3) is 0 Å². The van der Waals surface area contributed by atoms with Crippen LogP contribution in [0.15, 0.2) is 30.5 Å². The smallest absolute Gasteiger partial charge is 0.119 e. The van der Waals surface area contributed by atoms with Crippen LogP contribution in [0.4, 0.5) is 0 Å². The highest BCUT2D eigenvalue weighted by molar-refractivity contribution is 5.29. The molecule has 0 aliphatic carbocycles. The first kappa shape index (κ1) is 13.5. The van der Waals surface area contributed by atoms with Crippen LogP contribution >= 0.6 is 0 Å². The summed E-state index contributed by atoms with van der Waals surface area (Å²) >= 11 is 0. The van der Waals surface area contributed by atoms with Gasteiger partial charge in [0.05, 0.1) is 25.1 Å². The Kier molecular flexibility index (Phi) is 4.48. The van der Waals surface area contributed by atoms with Crippen molar-refractivity contribution in [2.45, 2.75) is 12.6 Å². The van der Waals surface area contributed by atoms with Crippen LogP contribution in [0.25, 0.3) is 0 Å². The second-order valence-corrected chi connectivity index (χ2v) is 4.27. The molecule has 0 radical (unpaired) electrons. The van der Waals surface area contributed by atoms with E-state index in [0.717, 1.165) is 17.0 Å². The molecule has 0 saturated carbocycles. The van der Waals surface area contributed by atoms with Gasteiger partial charge in [-0.3, -0.25) is 4.68 Å². The Morgan fingerprint density at radius 1 is 1.47 bits per heavy atom. The van der Waals surface area contributed by atoms with Gasteiger partial charge >= 0.3 is 0 Å². The SMILES string of the molecule is COc1cccc(C(O)CNCc2cnnn2C)c1. The van der Waals surface area contributed by atoms with E-state index in [-0.39, 0.29) is 0 Å². The molecule has 0 aliphatic rings. The van der Waals surface area contributed by atoms with Gasteiger partial charge in [-0.25, -0.2) is 0 Å². The van der Waals surface area contributed by atoms with Gasteiger partial charge in [-0.15, -0.1) is 5.10 Å². The fourth-order valence-corrected chi connectivity index (χ4v) is 1.77. The summed E-state index contributed by atoms with van der Waals surface area (Å²) in [6.45, 7) is 1.07. The van der Waals surface area contributed by atoms with Crippen LogP contribution in [0.5, 0.6) is 5.75 Å². The van der Waals surface area contributed by atoms with Gasteiger partial charge in [-0.2, -0.15) is 0 Å². The van der Waals surface area contributed by atoms with Gasteiger partial charge in [0.2, 0.25) is 0 Å². The number of aliphatic hydroxyl groups excluding tert-OH is 1. The zero-order valence-electron chi connectivity index (χ0n) is 11.1. The lowest BCUT2D eigenvalue weighted by atomic mass is 10.1. The molecule has 1 atom stereocenters. The molecule has 0 aliphatic heterocycles. The van der Waals surface area contributed by atoms with Crippen molar-refractivity contribution in [3.63, 3.8) is 0 Å². The highest BCUT2D eigenvalue weighted by Crippen LogP contribution is 2.18. The Labute approximate surface area is 112 Å². The molecule has 1 aromatic heterocycles. The van der Waals surface area contributed by atoms with Gasteiger partial charge in [0, 0.05) is 20.1 Å². The van der Waals surface area contributed by atoms with Crippen molar-refractivity contribution in [3.05, 3.63) is 41.7 Å². The van der Waals surface area contributed by atoms with Crippen molar-refractivity contribution < 1.29 is 9.84 Å². The molecule has 1 aromatic carbocycles. The topological polar surface area (TPSA) is 72.2 Å². The highest BCUT2D eigenvalue weighted by Gasteiger charge is 2.08. The number of methoxy groups -OCH3 is 1. The summed E-state index contributed by atoms with van der Waals surface area (Å²) in [5, 5.41) is 20.9. The molecule has 102 valence electrons. The summed E-state index contributed by atoms with van der Waals surface area (Å²) in [6, 6.07) is 7.42. The maximum Gasteiger partial charge on any atom is 0.119 e. The van der Waals surface area contributed by atoms with Crippen LogP contribution in [0.1, 0.15) is 17.4 Å². The molecule has 2 aromatic rings. The summed E-state index contributed by atoms with van der Waals surface area (Å²) in [4.78, 5) is 0. The summed E-state index contributed by atoms with van der Waals surface area (Å²) in [5.41, 5.74) is 1.80. The second kappa shape index (κ2) is 6.31. The van der Waals surface area contributed by atoms with E-state index >= 15 is 0 Å². The first-order valence-corrected chi connectivity index (χ1v) is 6.07. The normalized spacial score (nSPS) is 12.4. The monoisotopic (exact) mass is 262 g/mol. The Morgan fingerprint density at radius 3 is 3.00 bits per heavy atom. The molecule has 0 amide bonds. The van der Waals surface area contributed by atoms with E-state index in [0.29, 0.717) is 13.1 Å². The minimum Gasteiger partial charge on any atom is -0.497 e. The van der Waals surface area contributed by atoms with Gasteiger partial charge in [-0.1, -0.05) is 17.3 Å². The van der Waals surface area contributed by atoms with Crippen molar-refractivity contribution in [1.29, 1.82) is 0 Å². The van der Waals surface area contributed by atoms with Gasteiger partial charge in [0.1, 0.15) is 5.75 Å². The average molecular weight is 262 g/mol. The van der Waals surface area contributed by atoms with E-state index in [1.54, 1.807) is 18.0 Å². The maximum atomic E-state index is 10.1. The van der Waals surface area contributed by atoms with E-state index in [2.05, 4.69) is 15.6 Å². The van der Waals surface area contributed by atoms with Crippen LogP contribution in [0, 0.1) is 0 Å². The third-order valence-electron chi connectivity index (χ3n) is 2.93. The Hall–Kier alpha value is -1.92. The van der Waals surface area contributed by atoms with E-state index in [9.17, 15) is 5.11 Å². The van der Waals surface area contributed by atoms with Crippen molar-refractivity contribution in [3.8, 4) is 5.75 Å². The Morgan fingerprint density at radius 2 is 2.32 bits per heavy atom. The van der Waals surface area contributed by atoms with Crippen molar-refractivity contribution in [1.82, 2.24) is 20.3 Å². The number of aromatic nitrogens is 3. The number of ether oxygens (including phenoxy) is 1. The molecule has 1 unspecified atom stereocenters. The number of aliphatic hydroxyl groups is 1. The number of aryl methyl sites for hydroxylation is 1. The minimum atomic E-state index is -0.573. The molecule has 1 heterocycles. The molecule has 6 heteroatoms. The first-order chi connectivity index (χ1) is 9.20. The van der Waals surface area contributed by atoms with E-state index in [1.807, 2.05) is 31.3 Å². The average Bonchev–Trinajstić information content (AvgIpc) is 2.84. The van der Waals surface area contributed by atoms with Crippen molar-refractivity contribution >= 4 is 0 Å². The Bertz CT molecular complexity index is 527.